The molecule has 1 aliphatic heterocycles. The van der Waals surface area contributed by atoms with Crippen LogP contribution < -0.4 is 5.32 Å². The Hall–Kier alpha value is -0.980. The van der Waals surface area contributed by atoms with Gasteiger partial charge in [0.15, 0.2) is 0 Å². The number of likely N-dealkylation sites (tertiary alicyclic amines) is 1. The first-order chi connectivity index (χ1) is 10.0. The first-order valence-electron chi connectivity index (χ1n) is 7.13. The minimum Gasteiger partial charge on any atom is -0.480 e. The van der Waals surface area contributed by atoms with Gasteiger partial charge in [-0.2, -0.15) is 0 Å². The largest absolute Gasteiger partial charge is 0.480 e. The van der Waals surface area contributed by atoms with Gasteiger partial charge in [0.1, 0.15) is 5.82 Å². The molecule has 0 bridgehead atoms. The summed E-state index contributed by atoms with van der Waals surface area (Å²) in [6.45, 7) is 3.35. The van der Waals surface area contributed by atoms with Crippen molar-refractivity contribution < 1.29 is 14.3 Å². The van der Waals surface area contributed by atoms with E-state index in [-0.39, 0.29) is 12.4 Å². The zero-order valence-electron chi connectivity index (χ0n) is 11.8. The maximum Gasteiger partial charge on any atom is 0.317 e. The maximum atomic E-state index is 13.3. The highest BCUT2D eigenvalue weighted by atomic mass is 79.9. The highest BCUT2D eigenvalue weighted by Crippen LogP contribution is 2.23. The van der Waals surface area contributed by atoms with Crippen molar-refractivity contribution in [2.24, 2.45) is 5.92 Å². The van der Waals surface area contributed by atoms with Crippen LogP contribution in [0, 0.1) is 11.7 Å². The molecular formula is C15H20BrFN2O2. The fraction of sp³-hybridized carbons (Fsp3) is 0.533. The molecule has 1 aromatic carbocycles. The number of halogens is 2. The predicted molar refractivity (Wildman–Crippen MR) is 82.6 cm³/mol. The number of rotatable bonds is 6. The second kappa shape index (κ2) is 7.87. The molecule has 0 spiro atoms. The van der Waals surface area contributed by atoms with E-state index in [1.807, 2.05) is 0 Å². The van der Waals surface area contributed by atoms with Crippen molar-refractivity contribution in [3.8, 4) is 0 Å². The zero-order chi connectivity index (χ0) is 15.2. The molecule has 2 N–H and O–H groups in total. The van der Waals surface area contributed by atoms with Gasteiger partial charge in [0, 0.05) is 17.6 Å². The van der Waals surface area contributed by atoms with Gasteiger partial charge in [-0.15, -0.1) is 0 Å². The Kier molecular flexibility index (Phi) is 6.14. The molecule has 4 nitrogen and oxygen atoms in total. The second-order valence-electron chi connectivity index (χ2n) is 5.50. The number of carbonyl (C=O) groups is 1. The zero-order valence-corrected chi connectivity index (χ0v) is 13.4. The number of aliphatic carboxylic acids is 1. The Bertz CT molecular complexity index is 499. The Morgan fingerprint density at radius 3 is 3.10 bits per heavy atom. The molecule has 1 atom stereocenters. The first-order valence-corrected chi connectivity index (χ1v) is 7.92. The van der Waals surface area contributed by atoms with Crippen LogP contribution in [0.3, 0.4) is 0 Å². The Labute approximate surface area is 132 Å². The van der Waals surface area contributed by atoms with Crippen LogP contribution in [0.2, 0.25) is 0 Å². The van der Waals surface area contributed by atoms with Gasteiger partial charge in [-0.3, -0.25) is 9.69 Å². The third kappa shape index (κ3) is 5.37. The van der Waals surface area contributed by atoms with Crippen molar-refractivity contribution in [3.63, 3.8) is 0 Å². The first kappa shape index (κ1) is 16.4. The van der Waals surface area contributed by atoms with E-state index < -0.39 is 5.97 Å². The predicted octanol–water partition coefficient (Wildman–Crippen LogP) is 2.47. The third-order valence-electron chi connectivity index (χ3n) is 3.71. The number of nitrogens with zero attached hydrogens (tertiary/aromatic N) is 1. The molecule has 0 aliphatic carbocycles. The number of benzene rings is 1. The summed E-state index contributed by atoms with van der Waals surface area (Å²) in [5, 5.41) is 11.6. The number of nitrogens with one attached hydrogen (secondary N) is 1. The molecule has 1 unspecified atom stereocenters. The standard InChI is InChI=1S/C15H20BrFN2O2/c16-14-4-3-13(17)6-12(14)10-19-5-1-2-11(9-19)7-18-8-15(20)21/h3-4,6,11,18H,1-2,5,7-10H2,(H,20,21). The number of piperidine rings is 1. The van der Waals surface area contributed by atoms with Crippen LogP contribution in [-0.2, 0) is 11.3 Å². The average molecular weight is 359 g/mol. The van der Waals surface area contributed by atoms with Gasteiger partial charge < -0.3 is 10.4 Å². The van der Waals surface area contributed by atoms with Crippen molar-refractivity contribution in [2.45, 2.75) is 19.4 Å². The summed E-state index contributed by atoms with van der Waals surface area (Å²) in [5.41, 5.74) is 0.953. The van der Waals surface area contributed by atoms with Crippen LogP contribution in [0.25, 0.3) is 0 Å². The molecular weight excluding hydrogens is 339 g/mol. The molecule has 1 fully saturated rings. The molecule has 1 aromatic rings. The molecule has 6 heteroatoms. The average Bonchev–Trinajstić information content (AvgIpc) is 2.43. The summed E-state index contributed by atoms with van der Waals surface area (Å²) in [5.74, 6) is -0.596. The molecule has 1 heterocycles. The molecule has 1 aliphatic rings. The summed E-state index contributed by atoms with van der Waals surface area (Å²) in [6.07, 6.45) is 2.19. The number of hydrogen-bond donors (Lipinski definition) is 2. The molecule has 0 radical (unpaired) electrons. The van der Waals surface area contributed by atoms with Crippen LogP contribution in [0.4, 0.5) is 4.39 Å². The monoisotopic (exact) mass is 358 g/mol. The molecule has 0 saturated carbocycles. The Morgan fingerprint density at radius 2 is 2.33 bits per heavy atom. The van der Waals surface area contributed by atoms with E-state index in [1.165, 1.54) is 6.07 Å². The van der Waals surface area contributed by atoms with Crippen LogP contribution in [-0.4, -0.2) is 42.2 Å². The third-order valence-corrected chi connectivity index (χ3v) is 4.49. The maximum absolute atomic E-state index is 13.3. The van der Waals surface area contributed by atoms with Crippen molar-refractivity contribution in [1.82, 2.24) is 10.2 Å². The lowest BCUT2D eigenvalue weighted by Gasteiger charge is -2.33. The molecule has 116 valence electrons. The molecule has 0 amide bonds. The van der Waals surface area contributed by atoms with E-state index in [4.69, 9.17) is 5.11 Å². The number of carboxylic acids is 1. The van der Waals surface area contributed by atoms with E-state index in [1.54, 1.807) is 12.1 Å². The topological polar surface area (TPSA) is 52.6 Å². The minimum atomic E-state index is -0.827. The molecule has 0 aromatic heterocycles. The van der Waals surface area contributed by atoms with Gasteiger partial charge in [0.05, 0.1) is 6.54 Å². The highest BCUT2D eigenvalue weighted by molar-refractivity contribution is 9.10. The lowest BCUT2D eigenvalue weighted by atomic mass is 9.97. The molecule has 1 saturated heterocycles. The van der Waals surface area contributed by atoms with E-state index in [9.17, 15) is 9.18 Å². The lowest BCUT2D eigenvalue weighted by molar-refractivity contribution is -0.136. The summed E-state index contributed by atoms with van der Waals surface area (Å²) < 4.78 is 14.2. The fourth-order valence-corrected chi connectivity index (χ4v) is 3.12. The van der Waals surface area contributed by atoms with E-state index in [0.29, 0.717) is 19.0 Å². The molecule has 2 rings (SSSR count). The van der Waals surface area contributed by atoms with E-state index in [0.717, 1.165) is 36.0 Å². The van der Waals surface area contributed by atoms with Crippen molar-refractivity contribution in [1.29, 1.82) is 0 Å². The summed E-state index contributed by atoms with van der Waals surface area (Å²) in [4.78, 5) is 12.8. The number of hydrogen-bond acceptors (Lipinski definition) is 3. The van der Waals surface area contributed by atoms with Gasteiger partial charge >= 0.3 is 5.97 Å². The minimum absolute atomic E-state index is 0.00590. The van der Waals surface area contributed by atoms with Gasteiger partial charge in [-0.1, -0.05) is 15.9 Å². The molecule has 21 heavy (non-hydrogen) atoms. The van der Waals surface area contributed by atoms with Gasteiger partial charge in [0.25, 0.3) is 0 Å². The number of carboxylic acid groups (broad SMARTS) is 1. The van der Waals surface area contributed by atoms with Crippen molar-refractivity contribution >= 4 is 21.9 Å². The summed E-state index contributed by atoms with van der Waals surface area (Å²) >= 11 is 3.46. The highest BCUT2D eigenvalue weighted by Gasteiger charge is 2.20. The lowest BCUT2D eigenvalue weighted by Crippen LogP contribution is -2.40. The van der Waals surface area contributed by atoms with E-state index in [2.05, 4.69) is 26.1 Å². The fourth-order valence-electron chi connectivity index (χ4n) is 2.75. The van der Waals surface area contributed by atoms with Crippen molar-refractivity contribution in [2.75, 3.05) is 26.2 Å². The van der Waals surface area contributed by atoms with Crippen LogP contribution >= 0.6 is 15.9 Å². The van der Waals surface area contributed by atoms with Crippen LogP contribution in [0.1, 0.15) is 18.4 Å². The second-order valence-corrected chi connectivity index (χ2v) is 6.36. The summed E-state index contributed by atoms with van der Waals surface area (Å²) in [7, 11) is 0. The SMILES string of the molecule is O=C(O)CNCC1CCCN(Cc2cc(F)ccc2Br)C1. The quantitative estimate of drug-likeness (QED) is 0.820. The Balaban J connectivity index is 1.86. The van der Waals surface area contributed by atoms with Gasteiger partial charge in [0.2, 0.25) is 0 Å². The van der Waals surface area contributed by atoms with Crippen LogP contribution in [0.15, 0.2) is 22.7 Å². The van der Waals surface area contributed by atoms with Gasteiger partial charge in [-0.05, 0) is 55.6 Å². The summed E-state index contributed by atoms with van der Waals surface area (Å²) in [6, 6.07) is 4.75. The van der Waals surface area contributed by atoms with E-state index >= 15 is 0 Å². The Morgan fingerprint density at radius 1 is 1.52 bits per heavy atom. The normalized spacial score (nSPS) is 19.6. The van der Waals surface area contributed by atoms with Gasteiger partial charge in [-0.25, -0.2) is 4.39 Å². The smallest absolute Gasteiger partial charge is 0.317 e. The van der Waals surface area contributed by atoms with Crippen molar-refractivity contribution in [3.05, 3.63) is 34.1 Å². The van der Waals surface area contributed by atoms with Crippen LogP contribution in [0.5, 0.6) is 0 Å².